The van der Waals surface area contributed by atoms with Crippen LogP contribution in [0.1, 0.15) is 11.7 Å². The Morgan fingerprint density at radius 2 is 2.50 bits per heavy atom. The lowest BCUT2D eigenvalue weighted by Gasteiger charge is -2.23. The van der Waals surface area contributed by atoms with Crippen molar-refractivity contribution in [3.8, 4) is 5.75 Å². The van der Waals surface area contributed by atoms with Gasteiger partial charge in [-0.25, -0.2) is 5.32 Å². The maximum atomic E-state index is 5.25. The van der Waals surface area contributed by atoms with Crippen molar-refractivity contribution in [1.82, 2.24) is 15.6 Å². The summed E-state index contributed by atoms with van der Waals surface area (Å²) in [6.45, 7) is 2.67. The quantitative estimate of drug-likeness (QED) is 0.735. The van der Waals surface area contributed by atoms with E-state index in [4.69, 9.17) is 4.74 Å². The molecule has 0 aliphatic carbocycles. The second kappa shape index (κ2) is 4.39. The first-order valence-electron chi connectivity index (χ1n) is 4.78. The normalized spacial score (nSPS) is 21.9. The highest BCUT2D eigenvalue weighted by Gasteiger charge is 2.20. The highest BCUT2D eigenvalue weighted by Crippen LogP contribution is 2.23. The van der Waals surface area contributed by atoms with Gasteiger partial charge in [-0.3, -0.25) is 4.98 Å². The van der Waals surface area contributed by atoms with Gasteiger partial charge < -0.3 is 10.1 Å². The minimum absolute atomic E-state index is 0.139. The largest absolute Gasteiger partial charge is 0.495 e. The molecule has 1 atom stereocenters. The lowest BCUT2D eigenvalue weighted by atomic mass is 10.1. The van der Waals surface area contributed by atoms with E-state index in [1.54, 1.807) is 13.3 Å². The van der Waals surface area contributed by atoms with Gasteiger partial charge in [-0.05, 0) is 12.1 Å². The third-order valence-corrected chi connectivity index (χ3v) is 2.31. The summed E-state index contributed by atoms with van der Waals surface area (Å²) in [6.07, 6.45) is 1.78. The fourth-order valence-corrected chi connectivity index (χ4v) is 1.61. The summed E-state index contributed by atoms with van der Waals surface area (Å²) in [5, 5.41) is 7.80. The molecule has 4 nitrogen and oxygen atoms in total. The Balaban J connectivity index is 2.20. The van der Waals surface area contributed by atoms with Gasteiger partial charge >= 0.3 is 0 Å². The molecule has 0 spiro atoms. The number of hydrogen-bond acceptors (Lipinski definition) is 3. The van der Waals surface area contributed by atoms with E-state index in [0.29, 0.717) is 0 Å². The maximum Gasteiger partial charge on any atom is 0.142 e. The molecule has 1 N–H and O–H groups in total. The van der Waals surface area contributed by atoms with Crippen LogP contribution in [0.3, 0.4) is 0 Å². The van der Waals surface area contributed by atoms with Crippen molar-refractivity contribution in [2.45, 2.75) is 6.04 Å². The summed E-state index contributed by atoms with van der Waals surface area (Å²) in [4.78, 5) is 4.31. The number of nitrogens with one attached hydrogen (secondary N) is 1. The Morgan fingerprint density at radius 1 is 1.57 bits per heavy atom. The molecular weight excluding hydrogens is 178 g/mol. The minimum Gasteiger partial charge on any atom is -0.495 e. The van der Waals surface area contributed by atoms with Crippen molar-refractivity contribution in [1.29, 1.82) is 0 Å². The molecule has 1 aliphatic heterocycles. The predicted octanol–water partition coefficient (Wildman–Crippen LogP) is 0.339. The van der Waals surface area contributed by atoms with E-state index in [1.807, 2.05) is 12.1 Å². The minimum atomic E-state index is 0.139. The Labute approximate surface area is 83.7 Å². The van der Waals surface area contributed by atoms with Gasteiger partial charge in [0.05, 0.1) is 13.2 Å². The Kier molecular flexibility index (Phi) is 2.96. The number of nitrogens with zero attached hydrogens (tertiary/aromatic N) is 2. The van der Waals surface area contributed by atoms with E-state index in [2.05, 4.69) is 15.6 Å². The molecule has 75 valence electrons. The predicted molar refractivity (Wildman–Crippen MR) is 53.4 cm³/mol. The molecule has 1 aromatic heterocycles. The van der Waals surface area contributed by atoms with Gasteiger partial charge in [0, 0.05) is 25.8 Å². The molecule has 0 amide bonds. The SMILES string of the molecule is COc1cccnc1C1CNCC[N]1. The zero-order valence-electron chi connectivity index (χ0n) is 8.23. The number of hydrogen-bond donors (Lipinski definition) is 1. The molecule has 1 fully saturated rings. The first kappa shape index (κ1) is 9.43. The Hall–Kier alpha value is -1.13. The summed E-state index contributed by atoms with van der Waals surface area (Å²) in [5.74, 6) is 0.824. The first-order valence-corrected chi connectivity index (χ1v) is 4.78. The van der Waals surface area contributed by atoms with Crippen LogP contribution in [0.4, 0.5) is 0 Å². The van der Waals surface area contributed by atoms with E-state index >= 15 is 0 Å². The fourth-order valence-electron chi connectivity index (χ4n) is 1.61. The van der Waals surface area contributed by atoms with Crippen molar-refractivity contribution < 1.29 is 4.74 Å². The highest BCUT2D eigenvalue weighted by atomic mass is 16.5. The monoisotopic (exact) mass is 192 g/mol. The van der Waals surface area contributed by atoms with Gasteiger partial charge in [0.2, 0.25) is 0 Å². The summed E-state index contributed by atoms with van der Waals surface area (Å²) in [5.41, 5.74) is 0.933. The van der Waals surface area contributed by atoms with Crippen molar-refractivity contribution in [2.75, 3.05) is 26.7 Å². The molecule has 2 heterocycles. The van der Waals surface area contributed by atoms with E-state index in [0.717, 1.165) is 31.1 Å². The number of ether oxygens (including phenoxy) is 1. The van der Waals surface area contributed by atoms with Gasteiger partial charge in [-0.2, -0.15) is 0 Å². The third kappa shape index (κ3) is 1.86. The molecule has 0 saturated carbocycles. The van der Waals surface area contributed by atoms with Crippen molar-refractivity contribution in [3.63, 3.8) is 0 Å². The summed E-state index contributed by atoms with van der Waals surface area (Å²) in [7, 11) is 1.66. The molecule has 0 aromatic carbocycles. The standard InChI is InChI=1S/C10H14N3O/c1-14-9-3-2-4-13-10(9)8-7-11-5-6-12-8/h2-4,8,11H,5-7H2,1H3. The average molecular weight is 192 g/mol. The van der Waals surface area contributed by atoms with Crippen LogP contribution in [0.25, 0.3) is 0 Å². The molecule has 1 saturated heterocycles. The van der Waals surface area contributed by atoms with Crippen LogP contribution >= 0.6 is 0 Å². The number of methoxy groups -OCH3 is 1. The molecule has 1 unspecified atom stereocenters. The van der Waals surface area contributed by atoms with Crippen molar-refractivity contribution in [3.05, 3.63) is 24.0 Å². The molecule has 2 rings (SSSR count). The Morgan fingerprint density at radius 3 is 3.21 bits per heavy atom. The average Bonchev–Trinajstić information content (AvgIpc) is 2.30. The first-order chi connectivity index (χ1) is 6.92. The second-order valence-electron chi connectivity index (χ2n) is 3.22. The van der Waals surface area contributed by atoms with E-state index < -0.39 is 0 Å². The maximum absolute atomic E-state index is 5.25. The summed E-state index contributed by atoms with van der Waals surface area (Å²) in [6, 6.07) is 3.94. The van der Waals surface area contributed by atoms with Crippen LogP contribution in [0.2, 0.25) is 0 Å². The van der Waals surface area contributed by atoms with Crippen LogP contribution in [-0.4, -0.2) is 31.7 Å². The van der Waals surface area contributed by atoms with Crippen LogP contribution in [-0.2, 0) is 0 Å². The number of rotatable bonds is 2. The summed E-state index contributed by atoms with van der Waals surface area (Å²) >= 11 is 0. The van der Waals surface area contributed by atoms with Crippen molar-refractivity contribution >= 4 is 0 Å². The van der Waals surface area contributed by atoms with Crippen molar-refractivity contribution in [2.24, 2.45) is 0 Å². The van der Waals surface area contributed by atoms with Gasteiger partial charge in [0.1, 0.15) is 11.4 Å². The molecule has 4 heteroatoms. The third-order valence-electron chi connectivity index (χ3n) is 2.31. The zero-order chi connectivity index (χ0) is 9.80. The number of pyridine rings is 1. The molecule has 14 heavy (non-hydrogen) atoms. The van der Waals surface area contributed by atoms with Gasteiger partial charge in [-0.15, -0.1) is 0 Å². The van der Waals surface area contributed by atoms with Gasteiger partial charge in [0.15, 0.2) is 0 Å². The second-order valence-corrected chi connectivity index (χ2v) is 3.22. The van der Waals surface area contributed by atoms with E-state index in [-0.39, 0.29) is 6.04 Å². The molecule has 1 aliphatic rings. The smallest absolute Gasteiger partial charge is 0.142 e. The van der Waals surface area contributed by atoms with Gasteiger partial charge in [-0.1, -0.05) is 0 Å². The highest BCUT2D eigenvalue weighted by molar-refractivity contribution is 5.29. The van der Waals surface area contributed by atoms with Crippen LogP contribution in [0.15, 0.2) is 18.3 Å². The fraction of sp³-hybridized carbons (Fsp3) is 0.500. The molecule has 1 radical (unpaired) electrons. The number of aromatic nitrogens is 1. The molecule has 1 aromatic rings. The number of piperazine rings is 1. The van der Waals surface area contributed by atoms with Gasteiger partial charge in [0.25, 0.3) is 0 Å². The van der Waals surface area contributed by atoms with Crippen LogP contribution in [0.5, 0.6) is 5.75 Å². The topological polar surface area (TPSA) is 48.2 Å². The lowest BCUT2D eigenvalue weighted by Crippen LogP contribution is -2.39. The zero-order valence-corrected chi connectivity index (χ0v) is 8.23. The molecular formula is C10H14N3O. The van der Waals surface area contributed by atoms with Crippen LogP contribution < -0.4 is 15.4 Å². The molecule has 0 bridgehead atoms. The lowest BCUT2D eigenvalue weighted by molar-refractivity contribution is 0.371. The van der Waals surface area contributed by atoms with E-state index in [9.17, 15) is 0 Å². The van der Waals surface area contributed by atoms with E-state index in [1.165, 1.54) is 0 Å². The Bertz CT molecular complexity index is 297. The summed E-state index contributed by atoms with van der Waals surface area (Å²) < 4.78 is 5.25. The van der Waals surface area contributed by atoms with Crippen LogP contribution in [0, 0.1) is 0 Å².